The molecule has 0 aliphatic carbocycles. The van der Waals surface area contributed by atoms with E-state index < -0.39 is 5.97 Å². The first-order valence-electron chi connectivity index (χ1n) is 9.64. The summed E-state index contributed by atoms with van der Waals surface area (Å²) in [6.45, 7) is 1.27. The molecule has 7 nitrogen and oxygen atoms in total. The molecule has 0 fully saturated rings. The lowest BCUT2D eigenvalue weighted by Gasteiger charge is -2.14. The molecule has 1 aromatic heterocycles. The van der Waals surface area contributed by atoms with Crippen molar-refractivity contribution in [2.45, 2.75) is 19.3 Å². The number of carboxylic acid groups (broad SMARTS) is 1. The van der Waals surface area contributed by atoms with Gasteiger partial charge in [0.05, 0.1) is 11.4 Å². The first-order chi connectivity index (χ1) is 14.5. The highest BCUT2D eigenvalue weighted by Crippen LogP contribution is 2.09. The Kier molecular flexibility index (Phi) is 7.45. The van der Waals surface area contributed by atoms with Gasteiger partial charge in [-0.25, -0.2) is 9.78 Å². The van der Waals surface area contributed by atoms with Crippen LogP contribution in [-0.4, -0.2) is 40.1 Å². The summed E-state index contributed by atoms with van der Waals surface area (Å²) in [6, 6.07) is 10.8. The maximum atomic E-state index is 12.5. The van der Waals surface area contributed by atoms with Crippen LogP contribution in [0, 0.1) is 0 Å². The highest BCUT2D eigenvalue weighted by molar-refractivity contribution is 6.30. The number of nitrogens with one attached hydrogen (secondary N) is 2. The summed E-state index contributed by atoms with van der Waals surface area (Å²) in [5.74, 6) is -0.149. The Bertz CT molecular complexity index is 1050. The molecule has 1 aromatic carbocycles. The number of aliphatic carboxylic acids is 1. The maximum Gasteiger partial charge on any atom is 0.325 e. The Morgan fingerprint density at radius 2 is 1.90 bits per heavy atom. The zero-order chi connectivity index (χ0) is 21.3. The molecule has 0 atom stereocenters. The van der Waals surface area contributed by atoms with E-state index in [0.717, 1.165) is 35.6 Å². The number of allylic oxidation sites excluding steroid dienone is 1. The van der Waals surface area contributed by atoms with Gasteiger partial charge in [0.25, 0.3) is 0 Å². The molecule has 0 saturated carbocycles. The number of pyridine rings is 1. The Balaban J connectivity index is 1.50. The largest absolute Gasteiger partial charge is 0.481 e. The molecule has 0 radical (unpaired) electrons. The molecule has 8 heteroatoms. The molecular formula is C22H23ClN4O3. The van der Waals surface area contributed by atoms with Gasteiger partial charge in [0.1, 0.15) is 5.82 Å². The van der Waals surface area contributed by atoms with Crippen molar-refractivity contribution in [1.29, 1.82) is 0 Å². The van der Waals surface area contributed by atoms with Gasteiger partial charge >= 0.3 is 12.0 Å². The van der Waals surface area contributed by atoms with Crippen molar-refractivity contribution in [1.82, 2.24) is 15.2 Å². The number of carboxylic acids is 1. The van der Waals surface area contributed by atoms with Gasteiger partial charge < -0.3 is 15.7 Å². The van der Waals surface area contributed by atoms with Crippen LogP contribution in [0.15, 0.2) is 54.9 Å². The number of benzene rings is 1. The molecule has 3 N–H and O–H groups in total. The van der Waals surface area contributed by atoms with Crippen LogP contribution < -0.4 is 21.1 Å². The molecule has 30 heavy (non-hydrogen) atoms. The smallest absolute Gasteiger partial charge is 0.325 e. The van der Waals surface area contributed by atoms with Gasteiger partial charge in [0, 0.05) is 31.7 Å². The molecule has 0 unspecified atom stereocenters. The fraction of sp³-hybridized carbons (Fsp3) is 0.227. The van der Waals surface area contributed by atoms with Crippen molar-refractivity contribution in [3.63, 3.8) is 0 Å². The number of hydrogen-bond donors (Lipinski definition) is 3. The van der Waals surface area contributed by atoms with E-state index in [1.165, 1.54) is 4.90 Å². The fourth-order valence-corrected chi connectivity index (χ4v) is 3.14. The number of amides is 2. The normalized spacial score (nSPS) is 12.6. The van der Waals surface area contributed by atoms with Gasteiger partial charge in [-0.05, 0) is 47.1 Å². The average molecular weight is 427 g/mol. The predicted molar refractivity (Wildman–Crippen MR) is 117 cm³/mol. The molecular weight excluding hydrogens is 404 g/mol. The summed E-state index contributed by atoms with van der Waals surface area (Å²) in [7, 11) is 0. The molecule has 1 aliphatic heterocycles. The van der Waals surface area contributed by atoms with Crippen LogP contribution in [0.5, 0.6) is 0 Å². The summed E-state index contributed by atoms with van der Waals surface area (Å²) in [4.78, 5) is 29.3. The summed E-state index contributed by atoms with van der Waals surface area (Å²) in [5, 5.41) is 17.5. The predicted octanol–water partition coefficient (Wildman–Crippen LogP) is 2.53. The van der Waals surface area contributed by atoms with E-state index in [1.807, 2.05) is 30.3 Å². The standard InChI is InChI=1S/C22H23ClN4O3/c23-18-7-8-20(26-14-18)24-10-3-4-11-25-22(30)27-12-9-16(13-21(28)29)19-6-2-1-5-17(19)15-27/h1-2,5-9,12,14-15H,3-4,10-11,13H2,(H,24,26)(H,25,30)(H,28,29). The third-order valence-electron chi connectivity index (χ3n) is 4.51. The number of aromatic nitrogens is 1. The molecule has 1 aliphatic rings. The van der Waals surface area contributed by atoms with Crippen LogP contribution in [-0.2, 0) is 4.79 Å². The molecule has 2 aromatic rings. The molecule has 0 spiro atoms. The Morgan fingerprint density at radius 1 is 1.10 bits per heavy atom. The number of anilines is 1. The van der Waals surface area contributed by atoms with Crippen LogP contribution in [0.1, 0.15) is 19.3 Å². The number of hydrogen-bond acceptors (Lipinski definition) is 4. The number of nitrogens with zero attached hydrogens (tertiary/aromatic N) is 2. The second-order valence-corrected chi connectivity index (χ2v) is 7.20. The van der Waals surface area contributed by atoms with Crippen molar-refractivity contribution in [3.8, 4) is 0 Å². The zero-order valence-corrected chi connectivity index (χ0v) is 17.1. The molecule has 0 bridgehead atoms. The minimum Gasteiger partial charge on any atom is -0.481 e. The van der Waals surface area contributed by atoms with E-state index in [0.29, 0.717) is 17.1 Å². The van der Waals surface area contributed by atoms with Crippen LogP contribution >= 0.6 is 11.6 Å². The minimum absolute atomic E-state index is 0.105. The van der Waals surface area contributed by atoms with Crippen molar-refractivity contribution < 1.29 is 14.7 Å². The molecule has 156 valence electrons. The Hall–Kier alpha value is -3.32. The number of halogens is 1. The number of fused-ring (bicyclic) bond motifs is 1. The second kappa shape index (κ2) is 10.5. The highest BCUT2D eigenvalue weighted by Gasteiger charge is 2.12. The average Bonchev–Trinajstić information content (AvgIpc) is 2.91. The summed E-state index contributed by atoms with van der Waals surface area (Å²) < 4.78 is 0. The van der Waals surface area contributed by atoms with E-state index in [9.17, 15) is 9.59 Å². The van der Waals surface area contributed by atoms with Gasteiger partial charge in [0.2, 0.25) is 0 Å². The van der Waals surface area contributed by atoms with Crippen molar-refractivity contribution in [3.05, 3.63) is 70.3 Å². The van der Waals surface area contributed by atoms with E-state index in [2.05, 4.69) is 15.6 Å². The molecule has 3 rings (SSSR count). The topological polar surface area (TPSA) is 94.6 Å². The van der Waals surface area contributed by atoms with Crippen LogP contribution in [0.3, 0.4) is 0 Å². The number of unbranched alkanes of at least 4 members (excludes halogenated alkanes) is 1. The third kappa shape index (κ3) is 6.09. The van der Waals surface area contributed by atoms with Crippen LogP contribution in [0.2, 0.25) is 5.02 Å². The number of carbonyl (C=O) groups is 2. The zero-order valence-electron chi connectivity index (χ0n) is 16.3. The number of urea groups is 1. The van der Waals surface area contributed by atoms with Gasteiger partial charge in [-0.1, -0.05) is 35.9 Å². The van der Waals surface area contributed by atoms with E-state index in [1.54, 1.807) is 30.7 Å². The maximum absolute atomic E-state index is 12.5. The van der Waals surface area contributed by atoms with Gasteiger partial charge in [0.15, 0.2) is 0 Å². The number of carbonyl (C=O) groups excluding carboxylic acids is 1. The van der Waals surface area contributed by atoms with E-state index in [4.69, 9.17) is 16.7 Å². The first-order valence-corrected chi connectivity index (χ1v) is 10.0. The van der Waals surface area contributed by atoms with Crippen LogP contribution in [0.4, 0.5) is 10.6 Å². The van der Waals surface area contributed by atoms with Crippen molar-refractivity contribution >= 4 is 41.2 Å². The Morgan fingerprint density at radius 3 is 2.67 bits per heavy atom. The van der Waals surface area contributed by atoms with E-state index >= 15 is 0 Å². The molecule has 0 saturated heterocycles. The lowest BCUT2D eigenvalue weighted by molar-refractivity contribution is -0.135. The van der Waals surface area contributed by atoms with Gasteiger partial charge in [-0.15, -0.1) is 0 Å². The Labute approximate surface area is 179 Å². The molecule has 2 amide bonds. The third-order valence-corrected chi connectivity index (χ3v) is 4.73. The summed E-state index contributed by atoms with van der Waals surface area (Å²) >= 11 is 5.81. The van der Waals surface area contributed by atoms with Crippen molar-refractivity contribution in [2.75, 3.05) is 18.4 Å². The summed E-state index contributed by atoms with van der Waals surface area (Å²) in [5.41, 5.74) is 0.659. The number of rotatable bonds is 8. The van der Waals surface area contributed by atoms with E-state index in [-0.39, 0.29) is 12.5 Å². The first kappa shape index (κ1) is 21.4. The lowest BCUT2D eigenvalue weighted by Crippen LogP contribution is -2.36. The fourth-order valence-electron chi connectivity index (χ4n) is 3.03. The second-order valence-electron chi connectivity index (χ2n) is 6.76. The SMILES string of the molecule is O=C(O)CC1=c2ccccc2=CN(C(=O)NCCCCNc2ccc(Cl)cn2)C=C1. The summed E-state index contributed by atoms with van der Waals surface area (Å²) in [6.07, 6.45) is 8.14. The molecule has 2 heterocycles. The van der Waals surface area contributed by atoms with Crippen LogP contribution in [0.25, 0.3) is 11.8 Å². The highest BCUT2D eigenvalue weighted by atomic mass is 35.5. The minimum atomic E-state index is -0.912. The monoisotopic (exact) mass is 426 g/mol. The van der Waals surface area contributed by atoms with Crippen molar-refractivity contribution in [2.24, 2.45) is 0 Å². The lowest BCUT2D eigenvalue weighted by atomic mass is 10.1. The quantitative estimate of drug-likeness (QED) is 0.564. The van der Waals surface area contributed by atoms with Gasteiger partial charge in [-0.3, -0.25) is 9.69 Å². The van der Waals surface area contributed by atoms with Gasteiger partial charge in [-0.2, -0.15) is 0 Å².